The number of nitrogens with two attached hydrogens (primary N) is 2. The Kier molecular flexibility index (Phi) is 4.43. The van der Waals surface area contributed by atoms with E-state index in [2.05, 4.69) is 10.3 Å². The van der Waals surface area contributed by atoms with Crippen molar-refractivity contribution in [3.63, 3.8) is 0 Å². The minimum absolute atomic E-state index is 0.00867. The van der Waals surface area contributed by atoms with Gasteiger partial charge in [-0.05, 0) is 23.8 Å². The van der Waals surface area contributed by atoms with Crippen LogP contribution in [0, 0.1) is 0 Å². The summed E-state index contributed by atoms with van der Waals surface area (Å²) in [5.41, 5.74) is 13.3. The van der Waals surface area contributed by atoms with Crippen molar-refractivity contribution in [3.8, 4) is 0 Å². The Morgan fingerprint density at radius 1 is 0.960 bits per heavy atom. The molecule has 0 atom stereocenters. The minimum Gasteiger partial charge on any atom is -0.397 e. The van der Waals surface area contributed by atoms with Crippen molar-refractivity contribution in [1.82, 2.24) is 0 Å². The van der Waals surface area contributed by atoms with Crippen LogP contribution >= 0.6 is 0 Å². The van der Waals surface area contributed by atoms with Gasteiger partial charge in [0.1, 0.15) is 11.4 Å². The molecule has 0 saturated carbocycles. The third-order valence-corrected chi connectivity index (χ3v) is 3.64. The second kappa shape index (κ2) is 6.84. The van der Waals surface area contributed by atoms with E-state index in [4.69, 9.17) is 11.5 Å². The fourth-order valence-corrected chi connectivity index (χ4v) is 2.42. The maximum absolute atomic E-state index is 12.5. The summed E-state index contributed by atoms with van der Waals surface area (Å²) in [7, 11) is 0. The number of nitrogens with one attached hydrogen (secondary N) is 1. The Labute approximate surface area is 144 Å². The molecule has 0 spiro atoms. The third kappa shape index (κ3) is 3.48. The predicted octanol–water partition coefficient (Wildman–Crippen LogP) is 1.82. The first-order chi connectivity index (χ1) is 12.1. The molecular formula is C19H16N4O2. The van der Waals surface area contributed by atoms with Crippen LogP contribution < -0.4 is 16.8 Å². The third-order valence-electron chi connectivity index (χ3n) is 3.64. The van der Waals surface area contributed by atoms with Crippen LogP contribution in [0.3, 0.4) is 0 Å². The molecule has 124 valence electrons. The first-order valence-electron chi connectivity index (χ1n) is 7.58. The van der Waals surface area contributed by atoms with Gasteiger partial charge in [-0.25, -0.2) is 0 Å². The van der Waals surface area contributed by atoms with E-state index in [0.29, 0.717) is 5.69 Å². The van der Waals surface area contributed by atoms with Gasteiger partial charge in [-0.15, -0.1) is 0 Å². The standard InChI is InChI=1S/C19H16N4O2/c20-16-14(11-12-7-3-1-4-8-12)18(24)23-17(21)15(16)19(25)22-13-9-5-2-6-10-13/h1-11H,20H2,(H,22,25)(H2,21,23,24)/b14-11-. The highest BCUT2D eigenvalue weighted by Gasteiger charge is 2.28. The van der Waals surface area contributed by atoms with Crippen molar-refractivity contribution in [2.24, 2.45) is 16.5 Å². The van der Waals surface area contributed by atoms with Gasteiger partial charge in [0.2, 0.25) is 0 Å². The fraction of sp³-hybridized carbons (Fsp3) is 0. The van der Waals surface area contributed by atoms with Crippen molar-refractivity contribution in [2.75, 3.05) is 5.32 Å². The first-order valence-corrected chi connectivity index (χ1v) is 7.58. The molecule has 3 rings (SSSR count). The molecule has 25 heavy (non-hydrogen) atoms. The van der Waals surface area contributed by atoms with Gasteiger partial charge < -0.3 is 16.8 Å². The Morgan fingerprint density at radius 3 is 2.20 bits per heavy atom. The number of amides is 2. The second-order valence-corrected chi connectivity index (χ2v) is 5.38. The number of dihydropyridines is 1. The number of carbonyl (C=O) groups excluding carboxylic acids is 2. The van der Waals surface area contributed by atoms with E-state index in [1.54, 1.807) is 30.3 Å². The number of benzene rings is 2. The van der Waals surface area contributed by atoms with Crippen LogP contribution in [0.1, 0.15) is 5.56 Å². The maximum Gasteiger partial charge on any atom is 0.281 e. The molecule has 5 N–H and O–H groups in total. The quantitative estimate of drug-likeness (QED) is 0.744. The van der Waals surface area contributed by atoms with Gasteiger partial charge in [-0.3, -0.25) is 9.59 Å². The van der Waals surface area contributed by atoms with E-state index >= 15 is 0 Å². The summed E-state index contributed by atoms with van der Waals surface area (Å²) < 4.78 is 0. The Balaban J connectivity index is 1.98. The van der Waals surface area contributed by atoms with Crippen LogP contribution in [0.4, 0.5) is 5.69 Å². The molecule has 0 bridgehead atoms. The molecule has 0 fully saturated rings. The number of amidine groups is 1. The van der Waals surface area contributed by atoms with Crippen molar-refractivity contribution in [2.45, 2.75) is 0 Å². The molecule has 1 aliphatic rings. The van der Waals surface area contributed by atoms with Crippen molar-refractivity contribution >= 4 is 29.4 Å². The highest BCUT2D eigenvalue weighted by molar-refractivity contribution is 6.30. The smallest absolute Gasteiger partial charge is 0.281 e. The molecule has 1 aliphatic heterocycles. The SMILES string of the molecule is NC1=NC(=O)/C(=C\c2ccccc2)C(N)=C1C(=O)Nc1ccccc1. The van der Waals surface area contributed by atoms with Gasteiger partial charge in [0.05, 0.1) is 11.3 Å². The summed E-state index contributed by atoms with van der Waals surface area (Å²) in [6.45, 7) is 0. The zero-order valence-electron chi connectivity index (χ0n) is 13.3. The van der Waals surface area contributed by atoms with Crippen LogP contribution in [0.2, 0.25) is 0 Å². The number of rotatable bonds is 3. The maximum atomic E-state index is 12.5. The van der Waals surface area contributed by atoms with E-state index in [9.17, 15) is 9.59 Å². The summed E-state index contributed by atoms with van der Waals surface area (Å²) in [6.07, 6.45) is 1.59. The molecular weight excluding hydrogens is 316 g/mol. The molecule has 0 saturated heterocycles. The van der Waals surface area contributed by atoms with Crippen LogP contribution in [-0.4, -0.2) is 17.6 Å². The van der Waals surface area contributed by atoms with Crippen molar-refractivity contribution in [1.29, 1.82) is 0 Å². The van der Waals surface area contributed by atoms with Gasteiger partial charge in [-0.2, -0.15) is 4.99 Å². The number of aliphatic imine (C=N–C) groups is 1. The number of hydrogen-bond donors (Lipinski definition) is 3. The monoisotopic (exact) mass is 332 g/mol. The Hall–Kier alpha value is -3.67. The topological polar surface area (TPSA) is 111 Å². The summed E-state index contributed by atoms with van der Waals surface area (Å²) in [5.74, 6) is -1.28. The molecule has 6 nitrogen and oxygen atoms in total. The predicted molar refractivity (Wildman–Crippen MR) is 97.3 cm³/mol. The second-order valence-electron chi connectivity index (χ2n) is 5.38. The number of hydrogen-bond acceptors (Lipinski definition) is 4. The largest absolute Gasteiger partial charge is 0.397 e. The summed E-state index contributed by atoms with van der Waals surface area (Å²) in [5, 5.41) is 2.70. The number of para-hydroxylation sites is 1. The molecule has 0 aromatic heterocycles. The number of carbonyl (C=O) groups is 2. The van der Waals surface area contributed by atoms with Crippen LogP contribution in [-0.2, 0) is 9.59 Å². The molecule has 0 aliphatic carbocycles. The molecule has 0 radical (unpaired) electrons. The van der Waals surface area contributed by atoms with Crippen LogP contribution in [0.15, 0.2) is 82.5 Å². The van der Waals surface area contributed by atoms with Gasteiger partial charge >= 0.3 is 0 Å². The van der Waals surface area contributed by atoms with Crippen molar-refractivity contribution < 1.29 is 9.59 Å². The minimum atomic E-state index is -0.574. The van der Waals surface area contributed by atoms with E-state index < -0.39 is 11.8 Å². The summed E-state index contributed by atoms with van der Waals surface area (Å²) >= 11 is 0. The first kappa shape index (κ1) is 16.2. The Morgan fingerprint density at radius 2 is 1.56 bits per heavy atom. The number of anilines is 1. The molecule has 6 heteroatoms. The average Bonchev–Trinajstić information content (AvgIpc) is 2.60. The average molecular weight is 332 g/mol. The lowest BCUT2D eigenvalue weighted by Crippen LogP contribution is -2.34. The lowest BCUT2D eigenvalue weighted by atomic mass is 9.99. The van der Waals surface area contributed by atoms with E-state index in [-0.39, 0.29) is 22.7 Å². The molecule has 2 amide bonds. The van der Waals surface area contributed by atoms with Crippen LogP contribution in [0.5, 0.6) is 0 Å². The number of nitrogens with zero attached hydrogens (tertiary/aromatic N) is 1. The molecule has 2 aromatic carbocycles. The zero-order valence-corrected chi connectivity index (χ0v) is 13.3. The van der Waals surface area contributed by atoms with Crippen molar-refractivity contribution in [3.05, 3.63) is 83.1 Å². The lowest BCUT2D eigenvalue weighted by Gasteiger charge is -2.17. The fourth-order valence-electron chi connectivity index (χ4n) is 2.42. The van der Waals surface area contributed by atoms with Gasteiger partial charge in [0.25, 0.3) is 11.8 Å². The van der Waals surface area contributed by atoms with Gasteiger partial charge in [0.15, 0.2) is 0 Å². The zero-order chi connectivity index (χ0) is 17.8. The highest BCUT2D eigenvalue weighted by Crippen LogP contribution is 2.21. The van der Waals surface area contributed by atoms with E-state index in [0.717, 1.165) is 5.56 Å². The van der Waals surface area contributed by atoms with Gasteiger partial charge in [0, 0.05) is 5.69 Å². The lowest BCUT2D eigenvalue weighted by molar-refractivity contribution is -0.114. The summed E-state index contributed by atoms with van der Waals surface area (Å²) in [6, 6.07) is 18.0. The Bertz CT molecular complexity index is 913. The molecule has 2 aromatic rings. The normalized spacial score (nSPS) is 15.9. The molecule has 1 heterocycles. The van der Waals surface area contributed by atoms with E-state index in [1.165, 1.54) is 0 Å². The highest BCUT2D eigenvalue weighted by atomic mass is 16.2. The van der Waals surface area contributed by atoms with Gasteiger partial charge in [-0.1, -0.05) is 48.5 Å². The van der Waals surface area contributed by atoms with E-state index in [1.807, 2.05) is 36.4 Å². The van der Waals surface area contributed by atoms with Crippen LogP contribution in [0.25, 0.3) is 6.08 Å². The summed E-state index contributed by atoms with van der Waals surface area (Å²) in [4.78, 5) is 28.5. The molecule has 0 unspecified atom stereocenters.